The fourth-order valence-corrected chi connectivity index (χ4v) is 2.29. The van der Waals surface area contributed by atoms with Crippen LogP contribution in [0.3, 0.4) is 0 Å². The van der Waals surface area contributed by atoms with Gasteiger partial charge in [-0.1, -0.05) is 12.1 Å². The van der Waals surface area contributed by atoms with Crippen LogP contribution >= 0.6 is 0 Å². The molecule has 1 fully saturated rings. The molecule has 16 heavy (non-hydrogen) atoms. The molecular formula is C13H19NO2. The summed E-state index contributed by atoms with van der Waals surface area (Å²) in [5.74, 6) is 0.818. The van der Waals surface area contributed by atoms with E-state index in [9.17, 15) is 5.11 Å². The van der Waals surface area contributed by atoms with Crippen LogP contribution < -0.4 is 10.1 Å². The van der Waals surface area contributed by atoms with Crippen LogP contribution in [-0.2, 0) is 5.60 Å². The number of methoxy groups -OCH3 is 1. The first-order valence-electron chi connectivity index (χ1n) is 5.75. The van der Waals surface area contributed by atoms with Crippen molar-refractivity contribution in [1.29, 1.82) is 0 Å². The zero-order valence-corrected chi connectivity index (χ0v) is 9.86. The van der Waals surface area contributed by atoms with Gasteiger partial charge in [-0.2, -0.15) is 0 Å². The van der Waals surface area contributed by atoms with E-state index in [-0.39, 0.29) is 6.04 Å². The Hall–Kier alpha value is -1.06. The first-order chi connectivity index (χ1) is 7.64. The topological polar surface area (TPSA) is 41.5 Å². The van der Waals surface area contributed by atoms with Crippen molar-refractivity contribution in [2.75, 3.05) is 13.7 Å². The Balaban J connectivity index is 2.20. The lowest BCUT2D eigenvalue weighted by molar-refractivity contribution is 0.0218. The molecule has 1 heterocycles. The zero-order valence-electron chi connectivity index (χ0n) is 9.86. The Morgan fingerprint density at radius 1 is 1.38 bits per heavy atom. The molecule has 0 amide bonds. The molecule has 0 saturated carbocycles. The van der Waals surface area contributed by atoms with Crippen molar-refractivity contribution in [3.63, 3.8) is 0 Å². The van der Waals surface area contributed by atoms with E-state index in [0.29, 0.717) is 0 Å². The summed E-state index contributed by atoms with van der Waals surface area (Å²) in [6.45, 7) is 2.87. The Morgan fingerprint density at radius 3 is 2.56 bits per heavy atom. The highest BCUT2D eigenvalue weighted by atomic mass is 16.5. The Bertz CT molecular complexity index is 339. The highest BCUT2D eigenvalue weighted by Gasteiger charge is 2.35. The van der Waals surface area contributed by atoms with Gasteiger partial charge in [0.2, 0.25) is 0 Å². The first-order valence-corrected chi connectivity index (χ1v) is 5.75. The maximum Gasteiger partial charge on any atom is 0.118 e. The van der Waals surface area contributed by atoms with E-state index in [2.05, 4.69) is 5.32 Å². The molecule has 1 unspecified atom stereocenters. The van der Waals surface area contributed by atoms with Crippen LogP contribution in [0.2, 0.25) is 0 Å². The van der Waals surface area contributed by atoms with Gasteiger partial charge in [0, 0.05) is 6.04 Å². The van der Waals surface area contributed by atoms with E-state index < -0.39 is 5.60 Å². The molecule has 0 bridgehead atoms. The fraction of sp³-hybridized carbons (Fsp3) is 0.538. The molecule has 1 saturated heterocycles. The molecule has 0 spiro atoms. The number of aliphatic hydroxyl groups is 1. The van der Waals surface area contributed by atoms with E-state index in [0.717, 1.165) is 30.7 Å². The second-order valence-corrected chi connectivity index (χ2v) is 4.52. The normalized spacial score (nSPS) is 24.1. The van der Waals surface area contributed by atoms with Crippen LogP contribution in [0.25, 0.3) is 0 Å². The average molecular weight is 221 g/mol. The van der Waals surface area contributed by atoms with Crippen LogP contribution in [0, 0.1) is 0 Å². The molecule has 1 aliphatic rings. The maximum absolute atomic E-state index is 10.5. The molecule has 0 radical (unpaired) electrons. The minimum atomic E-state index is -0.803. The number of rotatable bonds is 3. The van der Waals surface area contributed by atoms with Gasteiger partial charge in [0.25, 0.3) is 0 Å². The van der Waals surface area contributed by atoms with Crippen LogP contribution in [0.1, 0.15) is 25.3 Å². The van der Waals surface area contributed by atoms with Crippen molar-refractivity contribution >= 4 is 0 Å². The van der Waals surface area contributed by atoms with Crippen molar-refractivity contribution < 1.29 is 9.84 Å². The maximum atomic E-state index is 10.5. The van der Waals surface area contributed by atoms with Crippen LogP contribution in [0.15, 0.2) is 24.3 Å². The smallest absolute Gasteiger partial charge is 0.118 e. The van der Waals surface area contributed by atoms with Gasteiger partial charge in [-0.15, -0.1) is 0 Å². The third-order valence-electron chi connectivity index (χ3n) is 3.41. The lowest BCUT2D eigenvalue weighted by atomic mass is 9.87. The summed E-state index contributed by atoms with van der Waals surface area (Å²) >= 11 is 0. The summed E-state index contributed by atoms with van der Waals surface area (Å²) in [5.41, 5.74) is 0.135. The monoisotopic (exact) mass is 221 g/mol. The van der Waals surface area contributed by atoms with Gasteiger partial charge in [0.1, 0.15) is 11.4 Å². The first kappa shape index (κ1) is 11.4. The molecule has 1 aromatic rings. The second kappa shape index (κ2) is 4.44. The van der Waals surface area contributed by atoms with Crippen molar-refractivity contribution in [2.45, 2.75) is 31.4 Å². The largest absolute Gasteiger partial charge is 0.497 e. The highest BCUT2D eigenvalue weighted by molar-refractivity contribution is 5.31. The predicted molar refractivity (Wildman–Crippen MR) is 63.6 cm³/mol. The average Bonchev–Trinajstić information content (AvgIpc) is 2.83. The summed E-state index contributed by atoms with van der Waals surface area (Å²) in [5, 5.41) is 13.9. The van der Waals surface area contributed by atoms with Crippen LogP contribution in [-0.4, -0.2) is 24.8 Å². The van der Waals surface area contributed by atoms with Gasteiger partial charge in [-0.25, -0.2) is 0 Å². The molecule has 88 valence electrons. The van der Waals surface area contributed by atoms with E-state index in [4.69, 9.17) is 4.74 Å². The predicted octanol–water partition coefficient (Wildman–Crippen LogP) is 1.65. The number of ether oxygens (including phenoxy) is 1. The minimum absolute atomic E-state index is 0.154. The molecule has 2 rings (SSSR count). The number of hydrogen-bond acceptors (Lipinski definition) is 3. The van der Waals surface area contributed by atoms with Crippen molar-refractivity contribution in [1.82, 2.24) is 5.32 Å². The van der Waals surface area contributed by atoms with Gasteiger partial charge in [-0.05, 0) is 44.0 Å². The van der Waals surface area contributed by atoms with Gasteiger partial charge >= 0.3 is 0 Å². The summed E-state index contributed by atoms with van der Waals surface area (Å²) in [4.78, 5) is 0. The third kappa shape index (κ3) is 2.06. The van der Waals surface area contributed by atoms with Crippen LogP contribution in [0.5, 0.6) is 5.75 Å². The van der Waals surface area contributed by atoms with Crippen molar-refractivity contribution in [3.05, 3.63) is 29.8 Å². The second-order valence-electron chi connectivity index (χ2n) is 4.52. The molecule has 0 aliphatic carbocycles. The molecule has 3 nitrogen and oxygen atoms in total. The summed E-state index contributed by atoms with van der Waals surface area (Å²) in [7, 11) is 1.64. The Labute approximate surface area is 96.4 Å². The van der Waals surface area contributed by atoms with Gasteiger partial charge in [0.05, 0.1) is 7.11 Å². The van der Waals surface area contributed by atoms with E-state index >= 15 is 0 Å². The molecule has 2 atom stereocenters. The molecule has 2 N–H and O–H groups in total. The van der Waals surface area contributed by atoms with Gasteiger partial charge in [0.15, 0.2) is 0 Å². The van der Waals surface area contributed by atoms with E-state index in [1.165, 1.54) is 0 Å². The molecule has 1 aromatic carbocycles. The van der Waals surface area contributed by atoms with Crippen molar-refractivity contribution in [2.24, 2.45) is 0 Å². The molecule has 1 aliphatic heterocycles. The SMILES string of the molecule is COc1ccc(C(C)(O)[C@@H]2CCCN2)cc1. The van der Waals surface area contributed by atoms with E-state index in [1.807, 2.05) is 31.2 Å². The standard InChI is InChI=1S/C13H19NO2/c1-13(15,12-4-3-9-14-12)10-5-7-11(16-2)8-6-10/h5-8,12,14-15H,3-4,9H2,1-2H3/t12-,13?/m0/s1. The highest BCUT2D eigenvalue weighted by Crippen LogP contribution is 2.30. The van der Waals surface area contributed by atoms with Crippen LogP contribution in [0.4, 0.5) is 0 Å². The molecule has 3 heteroatoms. The lowest BCUT2D eigenvalue weighted by Crippen LogP contribution is -2.42. The number of nitrogens with one attached hydrogen (secondary N) is 1. The lowest BCUT2D eigenvalue weighted by Gasteiger charge is -2.30. The Kier molecular flexibility index (Phi) is 3.17. The fourth-order valence-electron chi connectivity index (χ4n) is 2.29. The van der Waals surface area contributed by atoms with Gasteiger partial charge < -0.3 is 15.2 Å². The number of benzene rings is 1. The molecular weight excluding hydrogens is 202 g/mol. The van der Waals surface area contributed by atoms with E-state index in [1.54, 1.807) is 7.11 Å². The third-order valence-corrected chi connectivity index (χ3v) is 3.41. The Morgan fingerprint density at radius 2 is 2.06 bits per heavy atom. The summed E-state index contributed by atoms with van der Waals surface area (Å²) in [6.07, 6.45) is 2.16. The summed E-state index contributed by atoms with van der Waals surface area (Å²) in [6, 6.07) is 7.79. The van der Waals surface area contributed by atoms with Gasteiger partial charge in [-0.3, -0.25) is 0 Å². The summed E-state index contributed by atoms with van der Waals surface area (Å²) < 4.78 is 5.11. The van der Waals surface area contributed by atoms with Crippen molar-refractivity contribution in [3.8, 4) is 5.75 Å². The quantitative estimate of drug-likeness (QED) is 0.815. The zero-order chi connectivity index (χ0) is 11.6. The number of hydrogen-bond donors (Lipinski definition) is 2. The molecule has 0 aromatic heterocycles. The minimum Gasteiger partial charge on any atom is -0.497 e.